The van der Waals surface area contributed by atoms with Crippen LogP contribution in [0.25, 0.3) is 0 Å². The molecule has 3 rings (SSSR count). The number of carbonyl (C=O) groups excluding carboxylic acids is 2. The summed E-state index contributed by atoms with van der Waals surface area (Å²) in [4.78, 5) is 31.0. The number of ether oxygens (including phenoxy) is 5. The van der Waals surface area contributed by atoms with Crippen LogP contribution >= 0.6 is 0 Å². The highest BCUT2D eigenvalue weighted by Crippen LogP contribution is 2.34. The summed E-state index contributed by atoms with van der Waals surface area (Å²) in [5.74, 6) is 1.30. The van der Waals surface area contributed by atoms with Crippen molar-refractivity contribution >= 4 is 17.8 Å². The minimum Gasteiger partial charge on any atom is -0.497 e. The van der Waals surface area contributed by atoms with E-state index in [0.29, 0.717) is 35.8 Å². The van der Waals surface area contributed by atoms with E-state index in [0.717, 1.165) is 5.56 Å². The van der Waals surface area contributed by atoms with E-state index < -0.39 is 29.1 Å². The SMILES string of the molecule is COc1cc(CNNC(=O)[C@@]2(CCC(=O)OC(C)(C)C)N=C(c3ccc(OCCCO)cc3)O[C@H]2C)cc(OC)c1. The third kappa shape index (κ3) is 8.83. The molecule has 0 fully saturated rings. The summed E-state index contributed by atoms with van der Waals surface area (Å²) in [6, 6.07) is 12.5. The molecular formula is C30H41N3O8. The van der Waals surface area contributed by atoms with Gasteiger partial charge in [-0.1, -0.05) is 0 Å². The number of benzene rings is 2. The van der Waals surface area contributed by atoms with Gasteiger partial charge in [0.25, 0.3) is 5.91 Å². The number of amides is 1. The highest BCUT2D eigenvalue weighted by molar-refractivity contribution is 6.00. The van der Waals surface area contributed by atoms with Gasteiger partial charge in [-0.3, -0.25) is 15.0 Å². The second kappa shape index (κ2) is 14.2. The zero-order valence-electron chi connectivity index (χ0n) is 24.6. The number of methoxy groups -OCH3 is 2. The number of aliphatic hydroxyl groups is 1. The number of nitrogens with zero attached hydrogens (tertiary/aromatic N) is 1. The van der Waals surface area contributed by atoms with Gasteiger partial charge in [-0.05, 0) is 76.1 Å². The van der Waals surface area contributed by atoms with Crippen LogP contribution in [0.15, 0.2) is 47.5 Å². The first kappa shape index (κ1) is 31.7. The molecule has 2 atom stereocenters. The molecule has 224 valence electrons. The zero-order valence-corrected chi connectivity index (χ0v) is 24.6. The lowest BCUT2D eigenvalue weighted by Crippen LogP contribution is -2.54. The van der Waals surface area contributed by atoms with E-state index in [4.69, 9.17) is 33.8 Å². The first-order chi connectivity index (χ1) is 19.5. The molecule has 11 heteroatoms. The molecule has 41 heavy (non-hydrogen) atoms. The van der Waals surface area contributed by atoms with Crippen LogP contribution in [-0.2, 0) is 25.6 Å². The molecule has 0 spiro atoms. The summed E-state index contributed by atoms with van der Waals surface area (Å²) in [5, 5.41) is 8.95. The topological polar surface area (TPSA) is 137 Å². The Morgan fingerprint density at radius 3 is 2.29 bits per heavy atom. The number of hydrogen-bond donors (Lipinski definition) is 3. The number of aliphatic hydroxyl groups excluding tert-OH is 1. The van der Waals surface area contributed by atoms with Gasteiger partial charge in [0.1, 0.15) is 29.0 Å². The number of hydrazine groups is 1. The molecule has 2 aromatic carbocycles. The Morgan fingerprint density at radius 1 is 1.05 bits per heavy atom. The lowest BCUT2D eigenvalue weighted by molar-refractivity contribution is -0.155. The molecule has 2 aromatic rings. The van der Waals surface area contributed by atoms with Crippen LogP contribution in [0.3, 0.4) is 0 Å². The lowest BCUT2D eigenvalue weighted by Gasteiger charge is -2.28. The monoisotopic (exact) mass is 571 g/mol. The van der Waals surface area contributed by atoms with Crippen molar-refractivity contribution < 1.29 is 38.4 Å². The number of carbonyl (C=O) groups is 2. The predicted molar refractivity (Wildman–Crippen MR) is 153 cm³/mol. The van der Waals surface area contributed by atoms with E-state index in [1.54, 1.807) is 72.2 Å². The maximum atomic E-state index is 13.7. The van der Waals surface area contributed by atoms with Gasteiger partial charge < -0.3 is 28.8 Å². The molecule has 0 saturated heterocycles. The molecule has 0 aliphatic carbocycles. The molecule has 0 radical (unpaired) electrons. The van der Waals surface area contributed by atoms with Crippen LogP contribution in [0.5, 0.6) is 17.2 Å². The Labute approximate surface area is 241 Å². The number of aliphatic imine (C=N–C) groups is 1. The minimum atomic E-state index is -1.39. The zero-order chi connectivity index (χ0) is 30.0. The second-order valence-electron chi connectivity index (χ2n) is 10.7. The van der Waals surface area contributed by atoms with Crippen molar-refractivity contribution in [3.63, 3.8) is 0 Å². The molecular weight excluding hydrogens is 530 g/mol. The van der Waals surface area contributed by atoms with E-state index in [1.807, 2.05) is 12.1 Å². The fourth-order valence-electron chi connectivity index (χ4n) is 4.24. The summed E-state index contributed by atoms with van der Waals surface area (Å²) in [6.45, 7) is 7.86. The molecule has 0 unspecified atom stereocenters. The first-order valence-electron chi connectivity index (χ1n) is 13.6. The van der Waals surface area contributed by atoms with Gasteiger partial charge in [-0.25, -0.2) is 10.4 Å². The van der Waals surface area contributed by atoms with Crippen LogP contribution in [0, 0.1) is 0 Å². The molecule has 1 aliphatic rings. The van der Waals surface area contributed by atoms with Crippen LogP contribution < -0.4 is 25.1 Å². The van der Waals surface area contributed by atoms with Crippen molar-refractivity contribution in [3.8, 4) is 17.2 Å². The Morgan fingerprint density at radius 2 is 1.71 bits per heavy atom. The largest absolute Gasteiger partial charge is 0.497 e. The Kier molecular flexibility index (Phi) is 11.0. The number of nitrogens with one attached hydrogen (secondary N) is 2. The van der Waals surface area contributed by atoms with E-state index in [9.17, 15) is 9.59 Å². The third-order valence-corrected chi connectivity index (χ3v) is 6.36. The summed E-state index contributed by atoms with van der Waals surface area (Å²) < 4.78 is 27.8. The highest BCUT2D eigenvalue weighted by Gasteiger charge is 2.50. The van der Waals surface area contributed by atoms with E-state index >= 15 is 0 Å². The first-order valence-corrected chi connectivity index (χ1v) is 13.6. The van der Waals surface area contributed by atoms with E-state index in [2.05, 4.69) is 10.9 Å². The fourth-order valence-corrected chi connectivity index (χ4v) is 4.24. The molecule has 1 heterocycles. The van der Waals surface area contributed by atoms with Gasteiger partial charge >= 0.3 is 5.97 Å². The van der Waals surface area contributed by atoms with Gasteiger partial charge in [-0.15, -0.1) is 0 Å². The lowest BCUT2D eigenvalue weighted by atomic mass is 9.88. The molecule has 1 aliphatic heterocycles. The van der Waals surface area contributed by atoms with Crippen LogP contribution in [0.2, 0.25) is 0 Å². The number of rotatable bonds is 14. The average Bonchev–Trinajstić information content (AvgIpc) is 3.28. The standard InChI is InChI=1S/C30H41N3O8/c1-20-30(13-12-26(35)41-29(2,3)4,28(36)33-31-19-21-16-24(37-5)18-25(17-21)38-6)32-27(40-20)22-8-10-23(11-9-22)39-15-7-14-34/h8-11,16-18,20,31,34H,7,12-15,19H2,1-6H3,(H,33,36)/t20-,30-/m0/s1. The van der Waals surface area contributed by atoms with Crippen molar-refractivity contribution in [2.45, 2.75) is 70.7 Å². The van der Waals surface area contributed by atoms with Gasteiger partial charge in [0.05, 0.1) is 20.8 Å². The van der Waals surface area contributed by atoms with E-state index in [1.165, 1.54) is 0 Å². The van der Waals surface area contributed by atoms with Crippen LogP contribution in [0.1, 0.15) is 58.1 Å². The highest BCUT2D eigenvalue weighted by atomic mass is 16.6. The predicted octanol–water partition coefficient (Wildman–Crippen LogP) is 3.31. The Hall–Kier alpha value is -3.83. The Balaban J connectivity index is 1.79. The maximum absolute atomic E-state index is 13.7. The summed E-state index contributed by atoms with van der Waals surface area (Å²) in [6.07, 6.45) is -0.0851. The van der Waals surface area contributed by atoms with Gasteiger partial charge in [-0.2, -0.15) is 0 Å². The molecule has 0 bridgehead atoms. The molecule has 0 saturated carbocycles. The van der Waals surface area contributed by atoms with Crippen molar-refractivity contribution in [2.24, 2.45) is 4.99 Å². The van der Waals surface area contributed by atoms with Crippen molar-refractivity contribution in [1.82, 2.24) is 10.9 Å². The van der Waals surface area contributed by atoms with Crippen LogP contribution in [-0.4, -0.2) is 67.6 Å². The summed E-state index contributed by atoms with van der Waals surface area (Å²) >= 11 is 0. The van der Waals surface area contributed by atoms with Gasteiger partial charge in [0.2, 0.25) is 5.90 Å². The smallest absolute Gasteiger partial charge is 0.306 e. The van der Waals surface area contributed by atoms with Gasteiger partial charge in [0.15, 0.2) is 5.54 Å². The molecule has 11 nitrogen and oxygen atoms in total. The van der Waals surface area contributed by atoms with Gasteiger partial charge in [0, 0.05) is 37.6 Å². The molecule has 1 amide bonds. The second-order valence-corrected chi connectivity index (χ2v) is 10.7. The maximum Gasteiger partial charge on any atom is 0.306 e. The summed E-state index contributed by atoms with van der Waals surface area (Å²) in [7, 11) is 3.13. The molecule has 3 N–H and O–H groups in total. The van der Waals surface area contributed by atoms with Crippen LogP contribution in [0.4, 0.5) is 0 Å². The minimum absolute atomic E-state index is 0.0279. The van der Waals surface area contributed by atoms with Crippen molar-refractivity contribution in [2.75, 3.05) is 27.4 Å². The third-order valence-electron chi connectivity index (χ3n) is 6.36. The van der Waals surface area contributed by atoms with Crippen molar-refractivity contribution in [3.05, 3.63) is 53.6 Å². The van der Waals surface area contributed by atoms with E-state index in [-0.39, 0.29) is 31.9 Å². The summed E-state index contributed by atoms with van der Waals surface area (Å²) in [5.41, 5.74) is 5.15. The quantitative estimate of drug-likeness (QED) is 0.177. The molecule has 0 aromatic heterocycles. The normalized spacial score (nSPS) is 18.2. The number of hydrogen-bond acceptors (Lipinski definition) is 10. The van der Waals surface area contributed by atoms with Crippen molar-refractivity contribution in [1.29, 1.82) is 0 Å². The Bertz CT molecular complexity index is 1190. The number of esters is 1. The fraction of sp³-hybridized carbons (Fsp3) is 0.500. The average molecular weight is 572 g/mol.